The molecule has 1 aromatic rings. The van der Waals surface area contributed by atoms with Gasteiger partial charge in [0.15, 0.2) is 0 Å². The summed E-state index contributed by atoms with van der Waals surface area (Å²) in [5.41, 5.74) is 2.11. The zero-order valence-electron chi connectivity index (χ0n) is 8.98. The standard InChI is InChI=1S/C13H16OS/c1-10(13-5-6-15-9-13)12-4-2-3-11(7-12)8-14/h2-4,7-8,10,13H,5-6,9H2,1H3. The second-order valence-electron chi connectivity index (χ2n) is 4.20. The van der Waals surface area contributed by atoms with Crippen LogP contribution in [0.25, 0.3) is 0 Å². The molecule has 0 amide bonds. The van der Waals surface area contributed by atoms with Crippen LogP contribution in [0.15, 0.2) is 24.3 Å². The summed E-state index contributed by atoms with van der Waals surface area (Å²) >= 11 is 2.05. The molecule has 0 radical (unpaired) electrons. The predicted molar refractivity (Wildman–Crippen MR) is 65.7 cm³/mol. The van der Waals surface area contributed by atoms with Gasteiger partial charge in [0.1, 0.15) is 6.29 Å². The first-order chi connectivity index (χ1) is 7.31. The van der Waals surface area contributed by atoms with Crippen molar-refractivity contribution < 1.29 is 4.79 Å². The Bertz CT molecular complexity index is 342. The van der Waals surface area contributed by atoms with E-state index in [1.54, 1.807) is 0 Å². The predicted octanol–water partition coefficient (Wildman–Crippen LogP) is 3.36. The topological polar surface area (TPSA) is 17.1 Å². The maximum atomic E-state index is 10.7. The molecule has 0 N–H and O–H groups in total. The summed E-state index contributed by atoms with van der Waals surface area (Å²) < 4.78 is 0. The molecule has 0 bridgehead atoms. The number of carbonyl (C=O) groups is 1. The Morgan fingerprint density at radius 3 is 3.07 bits per heavy atom. The fourth-order valence-electron chi connectivity index (χ4n) is 2.13. The molecule has 0 aliphatic carbocycles. The van der Waals surface area contributed by atoms with Crippen molar-refractivity contribution in [2.24, 2.45) is 5.92 Å². The van der Waals surface area contributed by atoms with Crippen LogP contribution in [0, 0.1) is 5.92 Å². The van der Waals surface area contributed by atoms with Crippen LogP contribution in [0.2, 0.25) is 0 Å². The highest BCUT2D eigenvalue weighted by Crippen LogP contribution is 2.35. The molecule has 80 valence electrons. The van der Waals surface area contributed by atoms with E-state index in [9.17, 15) is 4.79 Å². The molecule has 1 nitrogen and oxygen atoms in total. The van der Waals surface area contributed by atoms with Gasteiger partial charge >= 0.3 is 0 Å². The van der Waals surface area contributed by atoms with Crippen molar-refractivity contribution >= 4 is 18.0 Å². The lowest BCUT2D eigenvalue weighted by Crippen LogP contribution is -2.09. The minimum atomic E-state index is 0.583. The van der Waals surface area contributed by atoms with E-state index in [1.165, 1.54) is 23.5 Å². The van der Waals surface area contributed by atoms with Gasteiger partial charge in [-0.15, -0.1) is 0 Å². The Morgan fingerprint density at radius 2 is 2.40 bits per heavy atom. The van der Waals surface area contributed by atoms with Crippen LogP contribution in [0.4, 0.5) is 0 Å². The lowest BCUT2D eigenvalue weighted by atomic mass is 9.87. The number of rotatable bonds is 3. The molecule has 1 aliphatic heterocycles. The van der Waals surface area contributed by atoms with Crippen molar-refractivity contribution in [3.63, 3.8) is 0 Å². The summed E-state index contributed by atoms with van der Waals surface area (Å²) in [5, 5.41) is 0. The maximum Gasteiger partial charge on any atom is 0.150 e. The molecule has 1 fully saturated rings. The van der Waals surface area contributed by atoms with E-state index in [2.05, 4.69) is 13.0 Å². The third kappa shape index (κ3) is 2.43. The first kappa shape index (κ1) is 10.7. The minimum Gasteiger partial charge on any atom is -0.298 e. The van der Waals surface area contributed by atoms with Crippen LogP contribution in [0.1, 0.15) is 35.2 Å². The van der Waals surface area contributed by atoms with E-state index in [4.69, 9.17) is 0 Å². The van der Waals surface area contributed by atoms with Crippen molar-refractivity contribution in [2.75, 3.05) is 11.5 Å². The molecular formula is C13H16OS. The summed E-state index contributed by atoms with van der Waals surface area (Å²) in [5.74, 6) is 3.94. The molecule has 15 heavy (non-hydrogen) atoms. The van der Waals surface area contributed by atoms with Crippen molar-refractivity contribution in [1.29, 1.82) is 0 Å². The highest BCUT2D eigenvalue weighted by atomic mass is 32.2. The molecule has 2 rings (SSSR count). The minimum absolute atomic E-state index is 0.583. The summed E-state index contributed by atoms with van der Waals surface area (Å²) in [6.07, 6.45) is 2.25. The van der Waals surface area contributed by atoms with Gasteiger partial charge in [0.25, 0.3) is 0 Å². The summed E-state index contributed by atoms with van der Waals surface area (Å²) in [7, 11) is 0. The van der Waals surface area contributed by atoms with Gasteiger partial charge in [-0.2, -0.15) is 11.8 Å². The molecule has 1 aromatic carbocycles. The van der Waals surface area contributed by atoms with E-state index in [0.717, 1.165) is 17.8 Å². The van der Waals surface area contributed by atoms with Gasteiger partial charge in [0, 0.05) is 5.56 Å². The van der Waals surface area contributed by atoms with Crippen LogP contribution in [0.5, 0.6) is 0 Å². The lowest BCUT2D eigenvalue weighted by molar-refractivity contribution is 0.112. The Labute approximate surface area is 95.3 Å². The first-order valence-electron chi connectivity index (χ1n) is 5.44. The molecule has 1 heterocycles. The summed E-state index contributed by atoms with van der Waals surface area (Å²) in [4.78, 5) is 10.7. The number of hydrogen-bond acceptors (Lipinski definition) is 2. The van der Waals surface area contributed by atoms with Gasteiger partial charge in [-0.1, -0.05) is 25.1 Å². The molecule has 1 aliphatic rings. The molecular weight excluding hydrogens is 204 g/mol. The Balaban J connectivity index is 2.16. The van der Waals surface area contributed by atoms with Gasteiger partial charge in [0.2, 0.25) is 0 Å². The molecule has 2 heteroatoms. The van der Waals surface area contributed by atoms with Crippen molar-refractivity contribution in [2.45, 2.75) is 19.3 Å². The number of benzene rings is 1. The average Bonchev–Trinajstić information content (AvgIpc) is 2.81. The van der Waals surface area contributed by atoms with E-state index >= 15 is 0 Å². The Morgan fingerprint density at radius 1 is 1.53 bits per heavy atom. The van der Waals surface area contributed by atoms with Crippen molar-refractivity contribution in [3.8, 4) is 0 Å². The second-order valence-corrected chi connectivity index (χ2v) is 5.35. The third-order valence-electron chi connectivity index (χ3n) is 3.24. The SMILES string of the molecule is CC(c1cccc(C=O)c1)C1CCSC1. The molecule has 0 aromatic heterocycles. The molecule has 2 unspecified atom stereocenters. The van der Waals surface area contributed by atoms with Gasteiger partial charge in [-0.25, -0.2) is 0 Å². The number of thioether (sulfide) groups is 1. The lowest BCUT2D eigenvalue weighted by Gasteiger charge is -2.18. The third-order valence-corrected chi connectivity index (χ3v) is 4.43. The largest absolute Gasteiger partial charge is 0.298 e. The Hall–Kier alpha value is -0.760. The molecule has 2 atom stereocenters. The quantitative estimate of drug-likeness (QED) is 0.727. The van der Waals surface area contributed by atoms with Gasteiger partial charge < -0.3 is 0 Å². The molecule has 1 saturated heterocycles. The van der Waals surface area contributed by atoms with Crippen LogP contribution >= 0.6 is 11.8 Å². The van der Waals surface area contributed by atoms with Gasteiger partial charge in [0.05, 0.1) is 0 Å². The molecule has 0 saturated carbocycles. The number of hydrogen-bond donors (Lipinski definition) is 0. The fourth-order valence-corrected chi connectivity index (χ4v) is 3.53. The van der Waals surface area contributed by atoms with Crippen molar-refractivity contribution in [1.82, 2.24) is 0 Å². The summed E-state index contributed by atoms with van der Waals surface area (Å²) in [6, 6.07) is 8.02. The summed E-state index contributed by atoms with van der Waals surface area (Å²) in [6.45, 7) is 2.28. The van der Waals surface area contributed by atoms with Crippen LogP contribution in [-0.2, 0) is 0 Å². The zero-order chi connectivity index (χ0) is 10.7. The van der Waals surface area contributed by atoms with E-state index < -0.39 is 0 Å². The average molecular weight is 220 g/mol. The van der Waals surface area contributed by atoms with Crippen LogP contribution in [-0.4, -0.2) is 17.8 Å². The first-order valence-corrected chi connectivity index (χ1v) is 6.59. The van der Waals surface area contributed by atoms with Gasteiger partial charge in [-0.3, -0.25) is 4.79 Å². The number of aldehydes is 1. The zero-order valence-corrected chi connectivity index (χ0v) is 9.80. The van der Waals surface area contributed by atoms with E-state index in [0.29, 0.717) is 5.92 Å². The van der Waals surface area contributed by atoms with Crippen molar-refractivity contribution in [3.05, 3.63) is 35.4 Å². The Kier molecular flexibility index (Phi) is 3.47. The number of carbonyl (C=O) groups excluding carboxylic acids is 1. The van der Waals surface area contributed by atoms with E-state index in [1.807, 2.05) is 30.0 Å². The van der Waals surface area contributed by atoms with Crippen LogP contribution < -0.4 is 0 Å². The highest BCUT2D eigenvalue weighted by molar-refractivity contribution is 7.99. The van der Waals surface area contributed by atoms with Gasteiger partial charge in [-0.05, 0) is 41.4 Å². The monoisotopic (exact) mass is 220 g/mol. The smallest absolute Gasteiger partial charge is 0.150 e. The fraction of sp³-hybridized carbons (Fsp3) is 0.462. The highest BCUT2D eigenvalue weighted by Gasteiger charge is 2.23. The molecule has 0 spiro atoms. The normalized spacial score (nSPS) is 22.6. The second kappa shape index (κ2) is 4.84. The van der Waals surface area contributed by atoms with Crippen LogP contribution in [0.3, 0.4) is 0 Å². The maximum absolute atomic E-state index is 10.7. The van der Waals surface area contributed by atoms with E-state index in [-0.39, 0.29) is 0 Å².